The van der Waals surface area contributed by atoms with Gasteiger partial charge in [-0.1, -0.05) is 36.4 Å². The van der Waals surface area contributed by atoms with Gasteiger partial charge in [0.15, 0.2) is 0 Å². The molecular weight excluding hydrogens is 463 g/mol. The number of carbonyl (C=O) groups is 2. The van der Waals surface area contributed by atoms with Crippen molar-refractivity contribution < 1.29 is 14.0 Å². The monoisotopic (exact) mass is 484 g/mol. The van der Waals surface area contributed by atoms with Crippen molar-refractivity contribution in [3.8, 4) is 0 Å². The highest BCUT2D eigenvalue weighted by Crippen LogP contribution is 2.25. The first-order chi connectivity index (χ1) is 17.0. The van der Waals surface area contributed by atoms with Crippen molar-refractivity contribution in [3.05, 3.63) is 112 Å². The molecule has 2 amide bonds. The standard InChI is InChI=1S/C27H21FN4O2S/c1-32(27(34)24-11-6-14-35-24)23-10-5-3-8-19(23)26(33)29-18-12-13-21-22(16-18)31-25(30-21)15-17-7-2-4-9-20(17)28/h2-14,16H,15H2,1H3,(H,29,33)(H,30,31). The lowest BCUT2D eigenvalue weighted by atomic mass is 10.1. The van der Waals surface area contributed by atoms with Crippen LogP contribution in [0.15, 0.2) is 84.2 Å². The summed E-state index contributed by atoms with van der Waals surface area (Å²) in [4.78, 5) is 35.8. The van der Waals surface area contributed by atoms with Gasteiger partial charge in [-0.25, -0.2) is 9.37 Å². The number of imidazole rings is 1. The molecular formula is C27H21FN4O2S. The van der Waals surface area contributed by atoms with E-state index in [4.69, 9.17) is 0 Å². The molecule has 3 aromatic carbocycles. The number of nitrogens with one attached hydrogen (secondary N) is 2. The number of para-hydroxylation sites is 1. The van der Waals surface area contributed by atoms with Crippen molar-refractivity contribution in [2.45, 2.75) is 6.42 Å². The summed E-state index contributed by atoms with van der Waals surface area (Å²) >= 11 is 1.35. The zero-order valence-corrected chi connectivity index (χ0v) is 19.6. The summed E-state index contributed by atoms with van der Waals surface area (Å²) in [5, 5.41) is 4.75. The largest absolute Gasteiger partial charge is 0.342 e. The number of fused-ring (bicyclic) bond motifs is 1. The molecule has 0 spiro atoms. The van der Waals surface area contributed by atoms with Crippen LogP contribution in [0, 0.1) is 5.82 Å². The Balaban J connectivity index is 1.36. The van der Waals surface area contributed by atoms with Gasteiger partial charge in [-0.3, -0.25) is 9.59 Å². The Morgan fingerprint density at radius 2 is 1.83 bits per heavy atom. The van der Waals surface area contributed by atoms with Crippen molar-refractivity contribution in [3.63, 3.8) is 0 Å². The molecule has 0 aliphatic rings. The van der Waals surface area contributed by atoms with Gasteiger partial charge >= 0.3 is 0 Å². The van der Waals surface area contributed by atoms with E-state index in [1.165, 1.54) is 22.3 Å². The Morgan fingerprint density at radius 1 is 1.03 bits per heavy atom. The van der Waals surface area contributed by atoms with Crippen molar-refractivity contribution in [1.82, 2.24) is 9.97 Å². The van der Waals surface area contributed by atoms with Gasteiger partial charge in [0.05, 0.1) is 27.2 Å². The van der Waals surface area contributed by atoms with Crippen LogP contribution in [0.2, 0.25) is 0 Å². The maximum atomic E-state index is 14.0. The summed E-state index contributed by atoms with van der Waals surface area (Å²) in [6.45, 7) is 0. The molecule has 0 saturated heterocycles. The molecule has 2 aromatic heterocycles. The van der Waals surface area contributed by atoms with Crippen LogP contribution >= 0.6 is 11.3 Å². The van der Waals surface area contributed by atoms with E-state index in [9.17, 15) is 14.0 Å². The normalized spacial score (nSPS) is 10.9. The highest BCUT2D eigenvalue weighted by atomic mass is 32.1. The van der Waals surface area contributed by atoms with Gasteiger partial charge in [-0.2, -0.15) is 0 Å². The van der Waals surface area contributed by atoms with Gasteiger partial charge < -0.3 is 15.2 Å². The fourth-order valence-electron chi connectivity index (χ4n) is 3.88. The number of amides is 2. The molecule has 174 valence electrons. The minimum absolute atomic E-state index is 0.179. The summed E-state index contributed by atoms with van der Waals surface area (Å²) in [7, 11) is 1.65. The van der Waals surface area contributed by atoms with Gasteiger partial charge in [0, 0.05) is 19.2 Å². The number of benzene rings is 3. The summed E-state index contributed by atoms with van der Waals surface area (Å²) in [5.41, 5.74) is 3.47. The zero-order chi connectivity index (χ0) is 24.4. The molecule has 0 atom stereocenters. The zero-order valence-electron chi connectivity index (χ0n) is 18.8. The molecule has 2 N–H and O–H groups in total. The number of nitrogens with zero attached hydrogens (tertiary/aromatic N) is 2. The Morgan fingerprint density at radius 3 is 2.63 bits per heavy atom. The van der Waals surface area contributed by atoms with Crippen LogP contribution in [0.5, 0.6) is 0 Å². The summed E-state index contributed by atoms with van der Waals surface area (Å²) in [6.07, 6.45) is 0.334. The maximum absolute atomic E-state index is 14.0. The average molecular weight is 485 g/mol. The van der Waals surface area contributed by atoms with Gasteiger partial charge in [-0.05, 0) is 53.4 Å². The van der Waals surface area contributed by atoms with Crippen LogP contribution in [0.4, 0.5) is 15.8 Å². The first kappa shape index (κ1) is 22.5. The van der Waals surface area contributed by atoms with Gasteiger partial charge in [0.25, 0.3) is 11.8 Å². The number of thiophene rings is 1. The predicted molar refractivity (Wildman–Crippen MR) is 137 cm³/mol. The topological polar surface area (TPSA) is 78.1 Å². The van der Waals surface area contributed by atoms with E-state index in [-0.39, 0.29) is 17.6 Å². The lowest BCUT2D eigenvalue weighted by molar-refractivity contribution is 0.0996. The quantitative estimate of drug-likeness (QED) is 0.316. The summed E-state index contributed by atoms with van der Waals surface area (Å²) in [6, 6.07) is 22.5. The van der Waals surface area contributed by atoms with Crippen molar-refractivity contribution in [2.75, 3.05) is 17.3 Å². The molecule has 0 aliphatic carbocycles. The summed E-state index contributed by atoms with van der Waals surface area (Å²) in [5.74, 6) is -0.159. The molecule has 35 heavy (non-hydrogen) atoms. The minimum atomic E-state index is -0.336. The van der Waals surface area contributed by atoms with Crippen molar-refractivity contribution >= 4 is 45.6 Å². The fourth-order valence-corrected chi connectivity index (χ4v) is 4.58. The number of halogens is 1. The Labute approximate surface area is 205 Å². The van der Waals surface area contributed by atoms with Gasteiger partial charge in [-0.15, -0.1) is 11.3 Å². The Bertz CT molecular complexity index is 1530. The number of carbonyl (C=O) groups excluding carboxylic acids is 2. The fraction of sp³-hybridized carbons (Fsp3) is 0.0741. The van der Waals surface area contributed by atoms with E-state index >= 15 is 0 Å². The number of hydrogen-bond acceptors (Lipinski definition) is 4. The number of aromatic nitrogens is 2. The lowest BCUT2D eigenvalue weighted by Gasteiger charge is -2.20. The second-order valence-corrected chi connectivity index (χ2v) is 8.94. The molecule has 8 heteroatoms. The molecule has 0 fully saturated rings. The Hall–Kier alpha value is -4.30. The smallest absolute Gasteiger partial charge is 0.268 e. The minimum Gasteiger partial charge on any atom is -0.342 e. The predicted octanol–water partition coefficient (Wildman–Crippen LogP) is 5.88. The third-order valence-electron chi connectivity index (χ3n) is 5.65. The second kappa shape index (κ2) is 9.52. The molecule has 5 aromatic rings. The van der Waals surface area contributed by atoms with Crippen molar-refractivity contribution in [2.24, 2.45) is 0 Å². The molecule has 2 heterocycles. The van der Waals surface area contributed by atoms with E-state index in [2.05, 4.69) is 15.3 Å². The molecule has 0 aliphatic heterocycles. The highest BCUT2D eigenvalue weighted by molar-refractivity contribution is 7.12. The number of aromatic amines is 1. The van der Waals surface area contributed by atoms with Crippen LogP contribution in [0.25, 0.3) is 11.0 Å². The van der Waals surface area contributed by atoms with E-state index in [0.29, 0.717) is 39.6 Å². The van der Waals surface area contributed by atoms with Crippen LogP contribution in [-0.2, 0) is 6.42 Å². The van der Waals surface area contributed by atoms with E-state index in [1.807, 2.05) is 11.4 Å². The first-order valence-electron chi connectivity index (χ1n) is 10.9. The number of rotatable bonds is 6. The molecule has 0 bridgehead atoms. The van der Waals surface area contributed by atoms with Crippen LogP contribution in [0.1, 0.15) is 31.4 Å². The van der Waals surface area contributed by atoms with Gasteiger partial charge in [0.1, 0.15) is 11.6 Å². The number of H-pyrrole nitrogens is 1. The van der Waals surface area contributed by atoms with Crippen LogP contribution < -0.4 is 10.2 Å². The van der Waals surface area contributed by atoms with Crippen molar-refractivity contribution in [1.29, 1.82) is 0 Å². The highest BCUT2D eigenvalue weighted by Gasteiger charge is 2.20. The van der Waals surface area contributed by atoms with Crippen LogP contribution in [-0.4, -0.2) is 28.8 Å². The molecule has 0 radical (unpaired) electrons. The average Bonchev–Trinajstić information content (AvgIpc) is 3.54. The Kier molecular flexibility index (Phi) is 6.12. The SMILES string of the molecule is CN(C(=O)c1cccs1)c1ccccc1C(=O)Nc1ccc2nc(Cc3ccccc3F)[nH]c2c1. The second-order valence-electron chi connectivity index (χ2n) is 8.00. The molecule has 0 unspecified atom stereocenters. The van der Waals surface area contributed by atoms with Gasteiger partial charge in [0.2, 0.25) is 0 Å². The third kappa shape index (κ3) is 4.69. The molecule has 6 nitrogen and oxygen atoms in total. The summed E-state index contributed by atoms with van der Waals surface area (Å²) < 4.78 is 14.0. The van der Waals surface area contributed by atoms with Crippen LogP contribution in [0.3, 0.4) is 0 Å². The number of hydrogen-bond donors (Lipinski definition) is 2. The van der Waals surface area contributed by atoms with E-state index < -0.39 is 0 Å². The first-order valence-corrected chi connectivity index (χ1v) is 11.8. The maximum Gasteiger partial charge on any atom is 0.268 e. The molecule has 5 rings (SSSR count). The molecule has 0 saturated carbocycles. The lowest BCUT2D eigenvalue weighted by Crippen LogP contribution is -2.28. The van der Waals surface area contributed by atoms with E-state index in [0.717, 1.165) is 11.0 Å². The van der Waals surface area contributed by atoms with E-state index in [1.54, 1.807) is 73.8 Å². The third-order valence-corrected chi connectivity index (χ3v) is 6.51. The number of anilines is 2.